The number of rotatable bonds is 4. The van der Waals surface area contributed by atoms with Crippen LogP contribution in [-0.2, 0) is 10.0 Å². The number of sulfonamides is 1. The van der Waals surface area contributed by atoms with Crippen LogP contribution in [0.15, 0.2) is 11.2 Å². The van der Waals surface area contributed by atoms with Crippen molar-refractivity contribution in [2.75, 3.05) is 13.6 Å². The SMILES string of the molecule is Cc1ncc(S(=O)(=O)N(C)CC(N)=S)[nH]1. The zero-order chi connectivity index (χ0) is 11.6. The van der Waals surface area contributed by atoms with Crippen molar-refractivity contribution in [2.24, 2.45) is 5.73 Å². The number of H-pyrrole nitrogens is 1. The summed E-state index contributed by atoms with van der Waals surface area (Å²) in [7, 11) is -2.16. The molecule has 1 rings (SSSR count). The van der Waals surface area contributed by atoms with Gasteiger partial charge in [0.05, 0.1) is 17.7 Å². The topological polar surface area (TPSA) is 92.1 Å². The largest absolute Gasteiger partial charge is 0.392 e. The summed E-state index contributed by atoms with van der Waals surface area (Å²) in [4.78, 5) is 6.59. The maximum atomic E-state index is 11.8. The molecule has 3 N–H and O–H groups in total. The van der Waals surface area contributed by atoms with Gasteiger partial charge in [0.2, 0.25) is 0 Å². The fourth-order valence-corrected chi connectivity index (χ4v) is 2.38. The second-order valence-electron chi connectivity index (χ2n) is 3.06. The lowest BCUT2D eigenvalue weighted by Crippen LogP contribution is -2.34. The number of thiocarbonyl (C=S) groups is 1. The highest BCUT2D eigenvalue weighted by molar-refractivity contribution is 7.89. The Morgan fingerprint density at radius 3 is 2.73 bits per heavy atom. The molecule has 0 spiro atoms. The summed E-state index contributed by atoms with van der Waals surface area (Å²) >= 11 is 4.64. The van der Waals surface area contributed by atoms with E-state index in [-0.39, 0.29) is 16.6 Å². The van der Waals surface area contributed by atoms with Crippen LogP contribution in [0.2, 0.25) is 0 Å². The Balaban J connectivity index is 2.98. The van der Waals surface area contributed by atoms with E-state index in [4.69, 9.17) is 5.73 Å². The molecule has 6 nitrogen and oxygen atoms in total. The van der Waals surface area contributed by atoms with E-state index >= 15 is 0 Å². The lowest BCUT2D eigenvalue weighted by Gasteiger charge is -2.14. The number of nitrogens with one attached hydrogen (secondary N) is 1. The van der Waals surface area contributed by atoms with Crippen molar-refractivity contribution >= 4 is 27.2 Å². The summed E-state index contributed by atoms with van der Waals surface area (Å²) in [6.07, 6.45) is 1.26. The molecule has 0 aliphatic carbocycles. The molecule has 0 saturated carbocycles. The van der Waals surface area contributed by atoms with Crippen LogP contribution in [0.5, 0.6) is 0 Å². The second kappa shape index (κ2) is 4.25. The van der Waals surface area contributed by atoms with Crippen molar-refractivity contribution < 1.29 is 8.42 Å². The zero-order valence-corrected chi connectivity index (χ0v) is 10.0. The van der Waals surface area contributed by atoms with Gasteiger partial charge in [-0.1, -0.05) is 12.2 Å². The zero-order valence-electron chi connectivity index (χ0n) is 8.39. The molecule has 84 valence electrons. The van der Waals surface area contributed by atoms with Gasteiger partial charge in [-0.3, -0.25) is 0 Å². The lowest BCUT2D eigenvalue weighted by molar-refractivity contribution is 0.503. The Kier molecular flexibility index (Phi) is 3.42. The van der Waals surface area contributed by atoms with Crippen molar-refractivity contribution in [2.45, 2.75) is 11.9 Å². The van der Waals surface area contributed by atoms with E-state index in [0.717, 1.165) is 4.31 Å². The van der Waals surface area contributed by atoms with E-state index < -0.39 is 10.0 Å². The van der Waals surface area contributed by atoms with Crippen LogP contribution in [0.25, 0.3) is 0 Å². The molecule has 15 heavy (non-hydrogen) atoms. The fraction of sp³-hybridized carbons (Fsp3) is 0.429. The number of aryl methyl sites for hydroxylation is 1. The van der Waals surface area contributed by atoms with Gasteiger partial charge in [0.15, 0.2) is 5.03 Å². The second-order valence-corrected chi connectivity index (χ2v) is 5.60. The molecule has 8 heteroatoms. The van der Waals surface area contributed by atoms with E-state index in [1.165, 1.54) is 13.2 Å². The number of hydrogen-bond acceptors (Lipinski definition) is 4. The summed E-state index contributed by atoms with van der Waals surface area (Å²) in [5, 5.41) is 0.0405. The van der Waals surface area contributed by atoms with E-state index in [2.05, 4.69) is 22.2 Å². The molecule has 0 aliphatic heterocycles. The third-order valence-corrected chi connectivity index (χ3v) is 3.59. The summed E-state index contributed by atoms with van der Waals surface area (Å²) in [5.41, 5.74) is 5.27. The van der Waals surface area contributed by atoms with Gasteiger partial charge >= 0.3 is 0 Å². The maximum Gasteiger partial charge on any atom is 0.260 e. The highest BCUT2D eigenvalue weighted by Crippen LogP contribution is 2.10. The molecule has 0 unspecified atom stereocenters. The van der Waals surface area contributed by atoms with E-state index in [9.17, 15) is 8.42 Å². The Morgan fingerprint density at radius 1 is 1.73 bits per heavy atom. The van der Waals surface area contributed by atoms with E-state index in [0.29, 0.717) is 5.82 Å². The normalized spacial score (nSPS) is 11.9. The van der Waals surface area contributed by atoms with Gasteiger partial charge in [-0.15, -0.1) is 0 Å². The summed E-state index contributed by atoms with van der Waals surface area (Å²) in [6, 6.07) is 0. The first-order valence-corrected chi connectivity index (χ1v) is 5.95. The van der Waals surface area contributed by atoms with Crippen molar-refractivity contribution in [3.63, 3.8) is 0 Å². The highest BCUT2D eigenvalue weighted by Gasteiger charge is 2.22. The molecule has 0 bridgehead atoms. The van der Waals surface area contributed by atoms with Crippen molar-refractivity contribution in [3.8, 4) is 0 Å². The van der Waals surface area contributed by atoms with Crippen molar-refractivity contribution in [1.29, 1.82) is 0 Å². The smallest absolute Gasteiger partial charge is 0.260 e. The van der Waals surface area contributed by atoms with Gasteiger partial charge in [0.25, 0.3) is 10.0 Å². The summed E-state index contributed by atoms with van der Waals surface area (Å²) in [5.74, 6) is 0.539. The molecule has 0 fully saturated rings. The Labute approximate surface area is 93.5 Å². The molecule has 1 aromatic rings. The quantitative estimate of drug-likeness (QED) is 0.709. The first-order valence-electron chi connectivity index (χ1n) is 4.10. The molecular weight excluding hydrogens is 236 g/mol. The van der Waals surface area contributed by atoms with Gasteiger partial charge in [-0.05, 0) is 6.92 Å². The molecule has 1 heterocycles. The number of nitrogens with zero attached hydrogens (tertiary/aromatic N) is 2. The molecule has 0 radical (unpaired) electrons. The van der Waals surface area contributed by atoms with Crippen LogP contribution >= 0.6 is 12.2 Å². The van der Waals surface area contributed by atoms with Gasteiger partial charge in [-0.2, -0.15) is 4.31 Å². The number of imidazole rings is 1. The highest BCUT2D eigenvalue weighted by atomic mass is 32.2. The molecule has 0 saturated heterocycles. The molecule has 0 atom stereocenters. The van der Waals surface area contributed by atoms with Crippen LogP contribution in [0, 0.1) is 6.92 Å². The Hall–Kier alpha value is -0.990. The Morgan fingerprint density at radius 2 is 2.33 bits per heavy atom. The lowest BCUT2D eigenvalue weighted by atomic mass is 10.7. The number of aromatic nitrogens is 2. The standard InChI is InChI=1S/C7H12N4O2S2/c1-5-9-3-7(10-5)15(12,13)11(2)4-6(8)14/h3H,4H2,1-2H3,(H2,8,14)(H,9,10). The van der Waals surface area contributed by atoms with Gasteiger partial charge < -0.3 is 10.7 Å². The van der Waals surface area contributed by atoms with Crippen LogP contribution in [0.4, 0.5) is 0 Å². The fourth-order valence-electron chi connectivity index (χ4n) is 1.00. The van der Waals surface area contributed by atoms with Crippen LogP contribution in [0.1, 0.15) is 5.82 Å². The minimum atomic E-state index is -3.57. The van der Waals surface area contributed by atoms with Crippen LogP contribution in [-0.4, -0.2) is 41.3 Å². The van der Waals surface area contributed by atoms with E-state index in [1.807, 2.05) is 0 Å². The predicted molar refractivity (Wildman–Crippen MR) is 59.9 cm³/mol. The maximum absolute atomic E-state index is 11.8. The van der Waals surface area contributed by atoms with Crippen LogP contribution < -0.4 is 5.73 Å². The minimum Gasteiger partial charge on any atom is -0.392 e. The van der Waals surface area contributed by atoms with Gasteiger partial charge in [0, 0.05) is 7.05 Å². The van der Waals surface area contributed by atoms with Crippen molar-refractivity contribution in [3.05, 3.63) is 12.0 Å². The summed E-state index contributed by atoms with van der Waals surface area (Å²) in [6.45, 7) is 1.68. The van der Waals surface area contributed by atoms with Crippen LogP contribution in [0.3, 0.4) is 0 Å². The minimum absolute atomic E-state index is 0.00966. The summed E-state index contributed by atoms with van der Waals surface area (Å²) < 4.78 is 24.7. The average molecular weight is 248 g/mol. The number of aromatic amines is 1. The van der Waals surface area contributed by atoms with Crippen molar-refractivity contribution in [1.82, 2.24) is 14.3 Å². The Bertz CT molecular complexity index is 465. The van der Waals surface area contributed by atoms with E-state index in [1.54, 1.807) is 6.92 Å². The molecule has 0 amide bonds. The molecule has 0 aromatic carbocycles. The number of hydrogen-bond donors (Lipinski definition) is 2. The van der Waals surface area contributed by atoms with Gasteiger partial charge in [-0.25, -0.2) is 13.4 Å². The first-order chi connectivity index (χ1) is 6.84. The molecular formula is C7H12N4O2S2. The first kappa shape index (κ1) is 12.1. The predicted octanol–water partition coefficient (Wildman–Crippen LogP) is -0.375. The third kappa shape index (κ3) is 2.74. The monoisotopic (exact) mass is 248 g/mol. The average Bonchev–Trinajstić information content (AvgIpc) is 2.50. The molecule has 0 aliphatic rings. The molecule has 1 aromatic heterocycles. The van der Waals surface area contributed by atoms with Gasteiger partial charge in [0.1, 0.15) is 5.82 Å². The third-order valence-electron chi connectivity index (χ3n) is 1.75. The number of likely N-dealkylation sites (N-methyl/N-ethyl adjacent to an activating group) is 1. The number of nitrogens with two attached hydrogens (primary N) is 1.